The standard InChI is InChI=1S/C21H25BrN4O2/c1-4-26(5-2)11-10-25(3)21(28)19-9-7-15(23-19)13-17-16-12-14(22)6-8-18(16)24-20(17)27/h6-9,12-13,23H,4-5,10-11H2,1-3H3,(H,24,27)/b17-13-. The maximum Gasteiger partial charge on any atom is 0.270 e. The van der Waals surface area contributed by atoms with Crippen molar-refractivity contribution in [2.75, 3.05) is 38.5 Å². The van der Waals surface area contributed by atoms with Gasteiger partial charge in [-0.15, -0.1) is 0 Å². The Morgan fingerprint density at radius 1 is 1.14 bits per heavy atom. The van der Waals surface area contributed by atoms with Crippen LogP contribution in [-0.2, 0) is 4.79 Å². The van der Waals surface area contributed by atoms with Gasteiger partial charge in [-0.2, -0.15) is 0 Å². The molecule has 148 valence electrons. The topological polar surface area (TPSA) is 68.4 Å². The molecule has 0 spiro atoms. The van der Waals surface area contributed by atoms with Crippen LogP contribution in [0.4, 0.5) is 5.69 Å². The Hall–Kier alpha value is -2.38. The molecule has 0 bridgehead atoms. The third-order valence-electron chi connectivity index (χ3n) is 5.00. The van der Waals surface area contributed by atoms with Gasteiger partial charge in [-0.1, -0.05) is 29.8 Å². The SMILES string of the molecule is CCN(CC)CCN(C)C(=O)c1ccc(/C=C2\C(=O)Nc3ccc(Br)cc32)[nH]1. The maximum atomic E-state index is 12.7. The summed E-state index contributed by atoms with van der Waals surface area (Å²) in [6.45, 7) is 7.69. The van der Waals surface area contributed by atoms with Gasteiger partial charge in [0, 0.05) is 41.6 Å². The number of carbonyl (C=O) groups is 2. The molecule has 0 unspecified atom stereocenters. The molecule has 2 heterocycles. The Morgan fingerprint density at radius 3 is 2.61 bits per heavy atom. The minimum Gasteiger partial charge on any atom is -0.351 e. The molecule has 0 saturated carbocycles. The van der Waals surface area contributed by atoms with Gasteiger partial charge in [0.15, 0.2) is 0 Å². The van der Waals surface area contributed by atoms with Gasteiger partial charge in [0.05, 0.1) is 5.57 Å². The van der Waals surface area contributed by atoms with Crippen LogP contribution < -0.4 is 5.32 Å². The van der Waals surface area contributed by atoms with Crippen LogP contribution in [0.3, 0.4) is 0 Å². The van der Waals surface area contributed by atoms with Crippen molar-refractivity contribution in [1.29, 1.82) is 0 Å². The average Bonchev–Trinajstić information content (AvgIpc) is 3.27. The van der Waals surface area contributed by atoms with Crippen molar-refractivity contribution in [3.8, 4) is 0 Å². The van der Waals surface area contributed by atoms with Gasteiger partial charge in [-0.05, 0) is 49.5 Å². The molecule has 3 rings (SSSR count). The summed E-state index contributed by atoms with van der Waals surface area (Å²) >= 11 is 3.44. The molecule has 1 aromatic heterocycles. The zero-order valence-corrected chi connectivity index (χ0v) is 18.0. The first kappa shape index (κ1) is 20.4. The van der Waals surface area contributed by atoms with Crippen LogP contribution >= 0.6 is 15.9 Å². The van der Waals surface area contributed by atoms with E-state index in [0.717, 1.165) is 41.1 Å². The van der Waals surface area contributed by atoms with Crippen molar-refractivity contribution < 1.29 is 9.59 Å². The molecule has 0 radical (unpaired) electrons. The molecule has 1 aromatic carbocycles. The highest BCUT2D eigenvalue weighted by Gasteiger charge is 2.24. The van der Waals surface area contributed by atoms with Gasteiger partial charge in [0.2, 0.25) is 0 Å². The van der Waals surface area contributed by atoms with Crippen molar-refractivity contribution in [1.82, 2.24) is 14.8 Å². The fraction of sp³-hybridized carbons (Fsp3) is 0.333. The number of nitrogens with zero attached hydrogens (tertiary/aromatic N) is 2. The molecule has 2 amide bonds. The largest absolute Gasteiger partial charge is 0.351 e. The Labute approximate surface area is 173 Å². The number of fused-ring (bicyclic) bond motifs is 1. The number of anilines is 1. The van der Waals surface area contributed by atoms with E-state index in [1.807, 2.05) is 31.3 Å². The molecule has 2 aromatic rings. The van der Waals surface area contributed by atoms with Gasteiger partial charge < -0.3 is 20.1 Å². The molecular formula is C21H25BrN4O2. The van der Waals surface area contributed by atoms with E-state index in [1.54, 1.807) is 17.0 Å². The highest BCUT2D eigenvalue weighted by atomic mass is 79.9. The predicted molar refractivity (Wildman–Crippen MR) is 116 cm³/mol. The van der Waals surface area contributed by atoms with E-state index in [1.165, 1.54) is 0 Å². The molecule has 0 atom stereocenters. The van der Waals surface area contributed by atoms with Crippen LogP contribution in [0.5, 0.6) is 0 Å². The molecule has 6 nitrogen and oxygen atoms in total. The fourth-order valence-electron chi connectivity index (χ4n) is 3.22. The number of hydrogen-bond acceptors (Lipinski definition) is 3. The molecule has 0 saturated heterocycles. The number of amides is 2. The molecule has 1 aliphatic rings. The van der Waals surface area contributed by atoms with E-state index in [2.05, 4.69) is 45.0 Å². The van der Waals surface area contributed by atoms with Gasteiger partial charge >= 0.3 is 0 Å². The number of aromatic amines is 1. The molecule has 0 fully saturated rings. The molecular weight excluding hydrogens is 420 g/mol. The fourth-order valence-corrected chi connectivity index (χ4v) is 3.58. The summed E-state index contributed by atoms with van der Waals surface area (Å²) < 4.78 is 0.908. The van der Waals surface area contributed by atoms with E-state index in [4.69, 9.17) is 0 Å². The van der Waals surface area contributed by atoms with Crippen LogP contribution in [0.1, 0.15) is 35.6 Å². The number of aromatic nitrogens is 1. The van der Waals surface area contributed by atoms with E-state index >= 15 is 0 Å². The van der Waals surface area contributed by atoms with Crippen LogP contribution in [-0.4, -0.2) is 59.8 Å². The van der Waals surface area contributed by atoms with Crippen molar-refractivity contribution in [2.24, 2.45) is 0 Å². The average molecular weight is 445 g/mol. The molecule has 0 aliphatic carbocycles. The normalized spacial score (nSPS) is 14.5. The zero-order valence-electron chi connectivity index (χ0n) is 16.4. The van der Waals surface area contributed by atoms with Crippen LogP contribution in [0.2, 0.25) is 0 Å². The third kappa shape index (κ3) is 4.36. The van der Waals surface area contributed by atoms with E-state index < -0.39 is 0 Å². The lowest BCUT2D eigenvalue weighted by Gasteiger charge is -2.22. The monoisotopic (exact) mass is 444 g/mol. The molecule has 28 heavy (non-hydrogen) atoms. The lowest BCUT2D eigenvalue weighted by atomic mass is 10.1. The zero-order chi connectivity index (χ0) is 20.3. The number of hydrogen-bond donors (Lipinski definition) is 2. The highest BCUT2D eigenvalue weighted by molar-refractivity contribution is 9.10. The quantitative estimate of drug-likeness (QED) is 0.639. The summed E-state index contributed by atoms with van der Waals surface area (Å²) in [6, 6.07) is 9.25. The summed E-state index contributed by atoms with van der Waals surface area (Å²) in [7, 11) is 1.81. The van der Waals surface area contributed by atoms with E-state index in [0.29, 0.717) is 17.8 Å². The van der Waals surface area contributed by atoms with Gasteiger partial charge in [-0.3, -0.25) is 9.59 Å². The number of benzene rings is 1. The Kier molecular flexibility index (Phi) is 6.36. The summed E-state index contributed by atoms with van der Waals surface area (Å²) in [6.07, 6.45) is 1.78. The highest BCUT2D eigenvalue weighted by Crippen LogP contribution is 2.34. The first-order valence-electron chi connectivity index (χ1n) is 9.42. The van der Waals surface area contributed by atoms with Crippen molar-refractivity contribution in [3.63, 3.8) is 0 Å². The number of H-pyrrole nitrogens is 1. The Bertz CT molecular complexity index is 915. The van der Waals surface area contributed by atoms with Crippen molar-refractivity contribution in [3.05, 3.63) is 51.8 Å². The maximum absolute atomic E-state index is 12.7. The molecule has 7 heteroatoms. The smallest absolute Gasteiger partial charge is 0.270 e. The summed E-state index contributed by atoms with van der Waals surface area (Å²) in [5, 5.41) is 2.86. The first-order valence-corrected chi connectivity index (χ1v) is 10.2. The van der Waals surface area contributed by atoms with Crippen LogP contribution in [0.15, 0.2) is 34.8 Å². The number of likely N-dealkylation sites (N-methyl/N-ethyl adjacent to an activating group) is 2. The van der Waals surface area contributed by atoms with Gasteiger partial charge in [0.25, 0.3) is 11.8 Å². The number of nitrogens with one attached hydrogen (secondary N) is 2. The minimum absolute atomic E-state index is 0.0594. The van der Waals surface area contributed by atoms with Crippen LogP contribution in [0.25, 0.3) is 11.6 Å². The van der Waals surface area contributed by atoms with Crippen LogP contribution in [0, 0.1) is 0 Å². The van der Waals surface area contributed by atoms with Gasteiger partial charge in [-0.25, -0.2) is 0 Å². The number of rotatable bonds is 7. The molecule has 2 N–H and O–H groups in total. The lowest BCUT2D eigenvalue weighted by molar-refractivity contribution is -0.110. The second-order valence-electron chi connectivity index (χ2n) is 6.78. The second kappa shape index (κ2) is 8.75. The third-order valence-corrected chi connectivity index (χ3v) is 5.49. The second-order valence-corrected chi connectivity index (χ2v) is 7.70. The van der Waals surface area contributed by atoms with Crippen molar-refractivity contribution in [2.45, 2.75) is 13.8 Å². The summed E-state index contributed by atoms with van der Waals surface area (Å²) in [4.78, 5) is 32.1. The minimum atomic E-state index is -0.146. The lowest BCUT2D eigenvalue weighted by Crippen LogP contribution is -2.36. The Morgan fingerprint density at radius 2 is 1.89 bits per heavy atom. The molecule has 1 aliphatic heterocycles. The predicted octanol–water partition coefficient (Wildman–Crippen LogP) is 3.68. The number of halogens is 1. The van der Waals surface area contributed by atoms with Gasteiger partial charge in [0.1, 0.15) is 5.69 Å². The van der Waals surface area contributed by atoms with Crippen molar-refractivity contribution >= 4 is 45.1 Å². The summed E-state index contributed by atoms with van der Waals surface area (Å²) in [5.74, 6) is -0.206. The van der Waals surface area contributed by atoms with E-state index in [9.17, 15) is 9.59 Å². The number of carbonyl (C=O) groups excluding carboxylic acids is 2. The summed E-state index contributed by atoms with van der Waals surface area (Å²) in [5.41, 5.74) is 3.45. The Balaban J connectivity index is 1.74. The van der Waals surface area contributed by atoms with E-state index in [-0.39, 0.29) is 11.8 Å². The first-order chi connectivity index (χ1) is 13.4.